The van der Waals surface area contributed by atoms with Gasteiger partial charge in [-0.3, -0.25) is 9.20 Å². The van der Waals surface area contributed by atoms with Gasteiger partial charge in [0.25, 0.3) is 0 Å². The molecule has 5 aromatic rings. The van der Waals surface area contributed by atoms with Crippen LogP contribution in [0.15, 0.2) is 66.7 Å². The van der Waals surface area contributed by atoms with Gasteiger partial charge in [0.2, 0.25) is 5.82 Å². The number of hydrogen-bond acceptors (Lipinski definition) is 2. The molecule has 12 heteroatoms. The normalized spacial score (nSPS) is 13.1. The molecule has 0 aliphatic heterocycles. The first-order chi connectivity index (χ1) is 17.2. The Morgan fingerprint density at radius 2 is 1.22 bits per heavy atom. The molecule has 2 aromatic heterocycles. The average molecular weight is 526 g/mol. The van der Waals surface area contributed by atoms with Crippen LogP contribution in [-0.2, 0) is 18.5 Å². The minimum absolute atomic E-state index is 0.0538. The van der Waals surface area contributed by atoms with Crippen LogP contribution < -0.4 is 0 Å². The Bertz CT molecular complexity index is 1680. The summed E-state index contributed by atoms with van der Waals surface area (Å²) in [5.74, 6) is -2.71. The fraction of sp³-hybridized carbons (Fsp3) is 0.120. The number of ketones is 1. The number of rotatable bonds is 2. The van der Waals surface area contributed by atoms with Gasteiger partial charge in [-0.2, -0.15) is 39.5 Å². The van der Waals surface area contributed by atoms with Crippen molar-refractivity contribution in [1.29, 1.82) is 0 Å². The van der Waals surface area contributed by atoms with E-state index in [1.54, 1.807) is 0 Å². The van der Waals surface area contributed by atoms with Crippen molar-refractivity contribution in [1.82, 2.24) is 9.38 Å². The minimum atomic E-state index is -5.22. The first-order valence-electron chi connectivity index (χ1n) is 10.4. The Labute approximate surface area is 200 Å². The van der Waals surface area contributed by atoms with Crippen molar-refractivity contribution in [2.24, 2.45) is 0 Å². The second kappa shape index (κ2) is 7.95. The summed E-state index contributed by atoms with van der Waals surface area (Å²) in [6.07, 6.45) is -15.5. The van der Waals surface area contributed by atoms with Crippen LogP contribution >= 0.6 is 0 Å². The van der Waals surface area contributed by atoms with E-state index in [4.69, 9.17) is 0 Å². The summed E-state index contributed by atoms with van der Waals surface area (Å²) in [5, 5.41) is -0.0415. The van der Waals surface area contributed by atoms with E-state index < -0.39 is 52.4 Å². The second-order valence-electron chi connectivity index (χ2n) is 8.15. The Morgan fingerprint density at radius 1 is 0.676 bits per heavy atom. The third-order valence-electron chi connectivity index (χ3n) is 5.80. The van der Waals surface area contributed by atoms with Gasteiger partial charge in [-0.25, -0.2) is 4.98 Å². The van der Waals surface area contributed by atoms with Gasteiger partial charge in [0.1, 0.15) is 0 Å². The van der Waals surface area contributed by atoms with E-state index in [-0.39, 0.29) is 45.5 Å². The molecule has 0 saturated heterocycles. The highest BCUT2D eigenvalue weighted by Crippen LogP contribution is 2.40. The van der Waals surface area contributed by atoms with Crippen LogP contribution in [0.1, 0.15) is 32.9 Å². The summed E-state index contributed by atoms with van der Waals surface area (Å²) in [5.41, 5.74) is -5.55. The molecule has 3 nitrogen and oxygen atoms in total. The fourth-order valence-electron chi connectivity index (χ4n) is 4.30. The smallest absolute Gasteiger partial charge is 0.289 e. The molecule has 0 unspecified atom stereocenters. The molecule has 0 saturated carbocycles. The van der Waals surface area contributed by atoms with Gasteiger partial charge in [0, 0.05) is 16.3 Å². The van der Waals surface area contributed by atoms with Gasteiger partial charge in [-0.1, -0.05) is 36.4 Å². The highest BCUT2D eigenvalue weighted by Gasteiger charge is 2.40. The predicted octanol–water partition coefficient (Wildman–Crippen LogP) is 7.93. The molecule has 190 valence electrons. The molecule has 0 fully saturated rings. The lowest BCUT2D eigenvalue weighted by Gasteiger charge is -2.14. The van der Waals surface area contributed by atoms with Crippen molar-refractivity contribution < 1.29 is 44.3 Å². The molecule has 0 aliphatic carbocycles. The summed E-state index contributed by atoms with van der Waals surface area (Å²) in [6.45, 7) is 0. The van der Waals surface area contributed by atoms with Crippen molar-refractivity contribution in [3.8, 4) is 0 Å². The van der Waals surface area contributed by atoms with E-state index in [1.165, 1.54) is 48.5 Å². The Balaban J connectivity index is 1.94. The molecule has 0 spiro atoms. The SMILES string of the molecule is O=C(c1cc(C(F)(F)F)cc(C(F)(F)F)c1)c1c2ccccc2n2c(C(F)(F)F)nc3ccccc3c12. The van der Waals surface area contributed by atoms with Gasteiger partial charge >= 0.3 is 18.5 Å². The summed E-state index contributed by atoms with van der Waals surface area (Å²) >= 11 is 0. The second-order valence-corrected chi connectivity index (χ2v) is 8.15. The van der Waals surface area contributed by atoms with Crippen LogP contribution in [0.25, 0.3) is 27.3 Å². The molecule has 5 rings (SSSR count). The molecule has 0 atom stereocenters. The average Bonchev–Trinajstić information content (AvgIpc) is 3.16. The van der Waals surface area contributed by atoms with Crippen LogP contribution in [0.2, 0.25) is 0 Å². The van der Waals surface area contributed by atoms with Crippen LogP contribution in [0, 0.1) is 0 Å². The van der Waals surface area contributed by atoms with Crippen molar-refractivity contribution in [3.05, 3.63) is 94.8 Å². The fourth-order valence-corrected chi connectivity index (χ4v) is 4.30. The molecular formula is C25H11F9N2O. The Morgan fingerprint density at radius 3 is 1.78 bits per heavy atom. The molecule has 0 amide bonds. The summed E-state index contributed by atoms with van der Waals surface area (Å²) in [7, 11) is 0. The number of aromatic nitrogens is 2. The number of nitrogens with zero attached hydrogens (tertiary/aromatic N) is 2. The summed E-state index contributed by atoms with van der Waals surface area (Å²) in [6, 6.07) is 11.1. The zero-order valence-electron chi connectivity index (χ0n) is 18.1. The molecule has 37 heavy (non-hydrogen) atoms. The van der Waals surface area contributed by atoms with E-state index in [1.807, 2.05) is 0 Å². The quantitative estimate of drug-likeness (QED) is 0.173. The maximum Gasteiger partial charge on any atom is 0.450 e. The number of benzene rings is 3. The van der Waals surface area contributed by atoms with Crippen molar-refractivity contribution >= 4 is 33.1 Å². The van der Waals surface area contributed by atoms with Gasteiger partial charge in [0.15, 0.2) is 5.78 Å². The molecule has 0 radical (unpaired) electrons. The van der Waals surface area contributed by atoms with E-state index >= 15 is 0 Å². The topological polar surface area (TPSA) is 34.4 Å². The highest BCUT2D eigenvalue weighted by atomic mass is 19.4. The Hall–Kier alpha value is -4.09. The van der Waals surface area contributed by atoms with Gasteiger partial charge < -0.3 is 0 Å². The minimum Gasteiger partial charge on any atom is -0.289 e. The van der Waals surface area contributed by atoms with Gasteiger partial charge in [0.05, 0.1) is 33.2 Å². The molecule has 3 aromatic carbocycles. The Kier molecular flexibility index (Phi) is 5.29. The summed E-state index contributed by atoms with van der Waals surface area (Å²) in [4.78, 5) is 17.3. The number of halogens is 9. The molecule has 0 aliphatic rings. The maximum absolute atomic E-state index is 14.1. The number of hydrogen-bond donors (Lipinski definition) is 0. The van der Waals surface area contributed by atoms with E-state index in [0.29, 0.717) is 4.40 Å². The van der Waals surface area contributed by atoms with Crippen LogP contribution in [0.4, 0.5) is 39.5 Å². The first kappa shape index (κ1) is 24.6. The number of carbonyl (C=O) groups excluding carboxylic acids is 1. The van der Waals surface area contributed by atoms with E-state index in [0.717, 1.165) is 0 Å². The highest BCUT2D eigenvalue weighted by molar-refractivity contribution is 6.25. The first-order valence-corrected chi connectivity index (χ1v) is 10.4. The molecular weight excluding hydrogens is 515 g/mol. The monoisotopic (exact) mass is 526 g/mol. The summed E-state index contributed by atoms with van der Waals surface area (Å²) < 4.78 is 123. The zero-order valence-corrected chi connectivity index (χ0v) is 18.1. The third kappa shape index (κ3) is 4.05. The van der Waals surface area contributed by atoms with Crippen LogP contribution in [0.3, 0.4) is 0 Å². The van der Waals surface area contributed by atoms with Crippen molar-refractivity contribution in [2.75, 3.05) is 0 Å². The number of para-hydroxylation sites is 2. The zero-order chi connectivity index (χ0) is 26.9. The lowest BCUT2D eigenvalue weighted by atomic mass is 9.96. The van der Waals surface area contributed by atoms with E-state index in [9.17, 15) is 44.3 Å². The predicted molar refractivity (Wildman–Crippen MR) is 115 cm³/mol. The van der Waals surface area contributed by atoms with E-state index in [2.05, 4.69) is 4.98 Å². The number of alkyl halides is 9. The third-order valence-corrected chi connectivity index (χ3v) is 5.80. The van der Waals surface area contributed by atoms with Crippen molar-refractivity contribution in [2.45, 2.75) is 18.5 Å². The van der Waals surface area contributed by atoms with Crippen LogP contribution in [-0.4, -0.2) is 15.2 Å². The lowest BCUT2D eigenvalue weighted by molar-refractivity contribution is -0.145. The maximum atomic E-state index is 14.1. The van der Waals surface area contributed by atoms with Crippen molar-refractivity contribution in [3.63, 3.8) is 0 Å². The molecule has 0 N–H and O–H groups in total. The standard InChI is InChI=1S/C25H11F9N2O/c26-23(27,28)13-9-12(10-14(11-13)24(29,30)31)21(37)19-16-6-2-4-8-18(16)36-20(19)15-5-1-3-7-17(15)35-22(36)25(32,33)34/h1-11H. The number of carbonyl (C=O) groups is 1. The number of fused-ring (bicyclic) bond motifs is 5. The largest absolute Gasteiger partial charge is 0.450 e. The van der Waals surface area contributed by atoms with Gasteiger partial charge in [-0.05, 0) is 30.3 Å². The molecule has 0 bridgehead atoms. The van der Waals surface area contributed by atoms with Gasteiger partial charge in [-0.15, -0.1) is 0 Å². The lowest BCUT2D eigenvalue weighted by Crippen LogP contribution is -2.15. The van der Waals surface area contributed by atoms with Crippen LogP contribution in [0.5, 0.6) is 0 Å². The molecule has 2 heterocycles.